The van der Waals surface area contributed by atoms with Crippen molar-refractivity contribution >= 4 is 30.1 Å². The van der Waals surface area contributed by atoms with Gasteiger partial charge in [0.1, 0.15) is 0 Å². The van der Waals surface area contributed by atoms with E-state index in [2.05, 4.69) is 11.6 Å². The first-order chi connectivity index (χ1) is 7.26. The zero-order valence-corrected chi connectivity index (χ0v) is 11.5. The third-order valence-corrected chi connectivity index (χ3v) is 4.03. The van der Waals surface area contributed by atoms with E-state index in [1.807, 2.05) is 11.8 Å². The van der Waals surface area contributed by atoms with Gasteiger partial charge in [0, 0.05) is 17.7 Å². The van der Waals surface area contributed by atoms with Crippen molar-refractivity contribution < 1.29 is 4.79 Å². The van der Waals surface area contributed by atoms with Gasteiger partial charge in [0.15, 0.2) is 0 Å². The highest BCUT2D eigenvalue weighted by Gasteiger charge is 2.22. The van der Waals surface area contributed by atoms with Crippen molar-refractivity contribution in [2.75, 3.05) is 12.8 Å². The lowest BCUT2D eigenvalue weighted by Gasteiger charge is -2.28. The molecule has 0 radical (unpaired) electrons. The van der Waals surface area contributed by atoms with Crippen LogP contribution >= 0.6 is 24.2 Å². The Morgan fingerprint density at radius 1 is 1.50 bits per heavy atom. The third-order valence-electron chi connectivity index (χ3n) is 2.93. The van der Waals surface area contributed by atoms with Gasteiger partial charge < -0.3 is 11.1 Å². The fourth-order valence-electron chi connectivity index (χ4n) is 2.05. The molecular formula is C11H23ClN2OS. The summed E-state index contributed by atoms with van der Waals surface area (Å²) >= 11 is 1.92. The lowest BCUT2D eigenvalue weighted by atomic mass is 9.95. The molecule has 0 aliphatic heterocycles. The van der Waals surface area contributed by atoms with Crippen LogP contribution in [0.15, 0.2) is 0 Å². The van der Waals surface area contributed by atoms with Crippen LogP contribution in [-0.4, -0.2) is 30.0 Å². The SMILES string of the molecule is CSC1CCCC(NC(=O)CCCN)C1.Cl. The maximum atomic E-state index is 11.5. The molecule has 0 aromatic heterocycles. The van der Waals surface area contributed by atoms with Gasteiger partial charge in [0.25, 0.3) is 0 Å². The van der Waals surface area contributed by atoms with Gasteiger partial charge in [-0.2, -0.15) is 11.8 Å². The van der Waals surface area contributed by atoms with Crippen molar-refractivity contribution in [3.05, 3.63) is 0 Å². The number of hydrogen-bond acceptors (Lipinski definition) is 3. The van der Waals surface area contributed by atoms with Crippen LogP contribution in [0, 0.1) is 0 Å². The van der Waals surface area contributed by atoms with E-state index in [1.54, 1.807) is 0 Å². The fourth-order valence-corrected chi connectivity index (χ4v) is 2.88. The number of nitrogens with one attached hydrogen (secondary N) is 1. The molecule has 0 spiro atoms. The molecule has 3 nitrogen and oxygen atoms in total. The first kappa shape index (κ1) is 16.1. The van der Waals surface area contributed by atoms with Crippen molar-refractivity contribution in [1.29, 1.82) is 0 Å². The molecule has 96 valence electrons. The zero-order valence-electron chi connectivity index (χ0n) is 9.91. The predicted molar refractivity (Wildman–Crippen MR) is 73.2 cm³/mol. The number of amides is 1. The van der Waals surface area contributed by atoms with Crippen molar-refractivity contribution in [2.45, 2.75) is 49.8 Å². The van der Waals surface area contributed by atoms with Gasteiger partial charge >= 0.3 is 0 Å². The van der Waals surface area contributed by atoms with E-state index >= 15 is 0 Å². The fraction of sp³-hybridized carbons (Fsp3) is 0.909. The monoisotopic (exact) mass is 266 g/mol. The molecule has 1 saturated carbocycles. The number of thioether (sulfide) groups is 1. The Kier molecular flexibility index (Phi) is 9.18. The Hall–Kier alpha value is 0.0700. The van der Waals surface area contributed by atoms with Crippen LogP contribution in [0.4, 0.5) is 0 Å². The molecule has 3 N–H and O–H groups in total. The molecule has 1 aliphatic rings. The van der Waals surface area contributed by atoms with E-state index in [1.165, 1.54) is 12.8 Å². The van der Waals surface area contributed by atoms with Crippen LogP contribution < -0.4 is 11.1 Å². The van der Waals surface area contributed by atoms with Gasteiger partial charge in [-0.3, -0.25) is 4.79 Å². The molecule has 0 aromatic rings. The summed E-state index contributed by atoms with van der Waals surface area (Å²) in [4.78, 5) is 11.5. The van der Waals surface area contributed by atoms with E-state index in [4.69, 9.17) is 5.73 Å². The predicted octanol–water partition coefficient (Wildman–Crippen LogP) is 1.94. The number of halogens is 1. The molecule has 0 aromatic carbocycles. The molecule has 1 fully saturated rings. The molecule has 1 aliphatic carbocycles. The zero-order chi connectivity index (χ0) is 11.1. The summed E-state index contributed by atoms with van der Waals surface area (Å²) in [6.45, 7) is 0.603. The molecule has 16 heavy (non-hydrogen) atoms. The molecule has 1 rings (SSSR count). The standard InChI is InChI=1S/C11H22N2OS.ClH/c1-15-10-5-2-4-9(8-10)13-11(14)6-3-7-12;/h9-10H,2-8,12H2,1H3,(H,13,14);1H. The Bertz CT molecular complexity index is 204. The highest BCUT2D eigenvalue weighted by Crippen LogP contribution is 2.26. The second-order valence-corrected chi connectivity index (χ2v) is 5.32. The summed E-state index contributed by atoms with van der Waals surface area (Å²) in [5, 5.41) is 3.84. The second kappa shape index (κ2) is 9.14. The minimum absolute atomic E-state index is 0. The van der Waals surface area contributed by atoms with Gasteiger partial charge in [0.2, 0.25) is 5.91 Å². The molecule has 0 bridgehead atoms. The van der Waals surface area contributed by atoms with Crippen molar-refractivity contribution in [2.24, 2.45) is 5.73 Å². The van der Waals surface area contributed by atoms with Gasteiger partial charge in [-0.1, -0.05) is 6.42 Å². The largest absolute Gasteiger partial charge is 0.353 e. The molecule has 0 saturated heterocycles. The number of rotatable bonds is 5. The average Bonchev–Trinajstić information content (AvgIpc) is 2.26. The highest BCUT2D eigenvalue weighted by atomic mass is 35.5. The van der Waals surface area contributed by atoms with E-state index in [0.717, 1.165) is 24.5 Å². The maximum absolute atomic E-state index is 11.5. The van der Waals surface area contributed by atoms with Gasteiger partial charge in [-0.05, 0) is 38.5 Å². The van der Waals surface area contributed by atoms with E-state index < -0.39 is 0 Å². The highest BCUT2D eigenvalue weighted by molar-refractivity contribution is 7.99. The minimum atomic E-state index is 0. The summed E-state index contributed by atoms with van der Waals surface area (Å²) in [5.74, 6) is 0.173. The Labute approximate surface area is 109 Å². The van der Waals surface area contributed by atoms with Crippen LogP contribution in [-0.2, 0) is 4.79 Å². The minimum Gasteiger partial charge on any atom is -0.353 e. The van der Waals surface area contributed by atoms with Gasteiger partial charge in [-0.15, -0.1) is 12.4 Å². The second-order valence-electron chi connectivity index (χ2n) is 4.18. The lowest BCUT2D eigenvalue weighted by molar-refractivity contribution is -0.122. The summed E-state index contributed by atoms with van der Waals surface area (Å²) in [6.07, 6.45) is 8.36. The Morgan fingerprint density at radius 3 is 2.88 bits per heavy atom. The molecular weight excluding hydrogens is 244 g/mol. The summed E-state index contributed by atoms with van der Waals surface area (Å²) in [6, 6.07) is 0.404. The maximum Gasteiger partial charge on any atom is 0.220 e. The topological polar surface area (TPSA) is 55.1 Å². The first-order valence-corrected chi connectivity index (χ1v) is 7.07. The number of carbonyl (C=O) groups excluding carboxylic acids is 1. The average molecular weight is 267 g/mol. The van der Waals surface area contributed by atoms with E-state index in [9.17, 15) is 4.79 Å². The Balaban J connectivity index is 0.00000225. The molecule has 5 heteroatoms. The normalized spacial score (nSPS) is 24.6. The number of hydrogen-bond donors (Lipinski definition) is 2. The number of carbonyl (C=O) groups is 1. The van der Waals surface area contributed by atoms with Crippen LogP contribution in [0.1, 0.15) is 38.5 Å². The van der Waals surface area contributed by atoms with Crippen molar-refractivity contribution in [1.82, 2.24) is 5.32 Å². The molecule has 1 amide bonds. The molecule has 0 heterocycles. The lowest BCUT2D eigenvalue weighted by Crippen LogP contribution is -2.39. The first-order valence-electron chi connectivity index (χ1n) is 5.78. The van der Waals surface area contributed by atoms with Crippen LogP contribution in [0.3, 0.4) is 0 Å². The van der Waals surface area contributed by atoms with Crippen molar-refractivity contribution in [3.63, 3.8) is 0 Å². The quantitative estimate of drug-likeness (QED) is 0.800. The summed E-state index contributed by atoms with van der Waals surface area (Å²) < 4.78 is 0. The smallest absolute Gasteiger partial charge is 0.220 e. The van der Waals surface area contributed by atoms with Crippen LogP contribution in [0.25, 0.3) is 0 Å². The Morgan fingerprint density at radius 2 is 2.25 bits per heavy atom. The van der Waals surface area contributed by atoms with E-state index in [-0.39, 0.29) is 18.3 Å². The van der Waals surface area contributed by atoms with Crippen molar-refractivity contribution in [3.8, 4) is 0 Å². The third kappa shape index (κ3) is 5.97. The van der Waals surface area contributed by atoms with Crippen LogP contribution in [0.2, 0.25) is 0 Å². The van der Waals surface area contributed by atoms with E-state index in [0.29, 0.717) is 19.0 Å². The summed E-state index contributed by atoms with van der Waals surface area (Å²) in [5.41, 5.74) is 5.37. The van der Waals surface area contributed by atoms with Gasteiger partial charge in [-0.25, -0.2) is 0 Å². The number of nitrogens with two attached hydrogens (primary N) is 1. The summed E-state index contributed by atoms with van der Waals surface area (Å²) in [7, 11) is 0. The van der Waals surface area contributed by atoms with Crippen LogP contribution in [0.5, 0.6) is 0 Å². The molecule has 2 unspecified atom stereocenters. The van der Waals surface area contributed by atoms with Gasteiger partial charge in [0.05, 0.1) is 0 Å². The molecule has 2 atom stereocenters.